The molecular formula is C7H9Cl2N3. The third-order valence-electron chi connectivity index (χ3n) is 1.16. The molecule has 1 aromatic rings. The van der Waals surface area contributed by atoms with Gasteiger partial charge in [-0.1, -0.05) is 23.2 Å². The molecule has 0 aliphatic heterocycles. The lowest BCUT2D eigenvalue weighted by Crippen LogP contribution is -2.10. The summed E-state index contributed by atoms with van der Waals surface area (Å²) in [6.07, 6.45) is 0. The van der Waals surface area contributed by atoms with Crippen LogP contribution in [0.2, 0.25) is 10.3 Å². The van der Waals surface area contributed by atoms with Gasteiger partial charge in [0.25, 0.3) is 0 Å². The number of halogens is 2. The zero-order valence-corrected chi connectivity index (χ0v) is 8.32. The van der Waals surface area contributed by atoms with Crippen LogP contribution in [0.25, 0.3) is 0 Å². The van der Waals surface area contributed by atoms with Crippen LogP contribution < -0.4 is 5.32 Å². The fourth-order valence-corrected chi connectivity index (χ4v) is 1.06. The predicted octanol–water partition coefficient (Wildman–Crippen LogP) is 2.60. The molecule has 0 saturated heterocycles. The molecule has 3 nitrogen and oxygen atoms in total. The van der Waals surface area contributed by atoms with Crippen LogP contribution in [0.1, 0.15) is 13.8 Å². The number of aromatic nitrogens is 2. The Labute approximate surface area is 81.1 Å². The molecule has 0 unspecified atom stereocenters. The number of nitrogens with zero attached hydrogens (tertiary/aromatic N) is 2. The van der Waals surface area contributed by atoms with E-state index in [4.69, 9.17) is 23.2 Å². The van der Waals surface area contributed by atoms with E-state index in [-0.39, 0.29) is 0 Å². The lowest BCUT2D eigenvalue weighted by atomic mass is 10.3. The Morgan fingerprint density at radius 1 is 1.33 bits per heavy atom. The Bertz CT molecular complexity index is 275. The first-order chi connectivity index (χ1) is 5.59. The van der Waals surface area contributed by atoms with Crippen LogP contribution in [-0.4, -0.2) is 16.2 Å². The van der Waals surface area contributed by atoms with E-state index in [0.717, 1.165) is 0 Å². The number of anilines is 1. The maximum atomic E-state index is 5.75. The first kappa shape index (κ1) is 9.55. The van der Waals surface area contributed by atoms with Crippen molar-refractivity contribution in [3.63, 3.8) is 0 Å². The fourth-order valence-electron chi connectivity index (χ4n) is 0.765. The van der Waals surface area contributed by atoms with E-state index < -0.39 is 0 Å². The summed E-state index contributed by atoms with van der Waals surface area (Å²) in [5, 5.41) is 11.0. The van der Waals surface area contributed by atoms with E-state index in [0.29, 0.717) is 22.0 Å². The van der Waals surface area contributed by atoms with Gasteiger partial charge in [-0.3, -0.25) is 0 Å². The van der Waals surface area contributed by atoms with Gasteiger partial charge in [0, 0.05) is 12.1 Å². The summed E-state index contributed by atoms with van der Waals surface area (Å²) in [5.74, 6) is 0. The van der Waals surface area contributed by atoms with Crippen molar-refractivity contribution in [2.75, 3.05) is 5.32 Å². The second-order valence-corrected chi connectivity index (χ2v) is 3.42. The van der Waals surface area contributed by atoms with Gasteiger partial charge in [-0.2, -0.15) is 0 Å². The summed E-state index contributed by atoms with van der Waals surface area (Å²) >= 11 is 11.4. The van der Waals surface area contributed by atoms with Crippen molar-refractivity contribution in [2.45, 2.75) is 19.9 Å². The molecule has 0 radical (unpaired) electrons. The zero-order chi connectivity index (χ0) is 9.14. The van der Waals surface area contributed by atoms with Gasteiger partial charge in [0.2, 0.25) is 0 Å². The van der Waals surface area contributed by atoms with Crippen molar-refractivity contribution >= 4 is 28.9 Å². The number of hydrogen-bond acceptors (Lipinski definition) is 3. The third-order valence-corrected chi connectivity index (χ3v) is 1.63. The Hall–Kier alpha value is -0.540. The normalized spacial score (nSPS) is 10.4. The summed E-state index contributed by atoms with van der Waals surface area (Å²) in [4.78, 5) is 0. The van der Waals surface area contributed by atoms with E-state index in [1.54, 1.807) is 6.07 Å². The molecule has 0 spiro atoms. The number of rotatable bonds is 2. The summed E-state index contributed by atoms with van der Waals surface area (Å²) in [6.45, 7) is 4.01. The van der Waals surface area contributed by atoms with Gasteiger partial charge in [0.15, 0.2) is 10.3 Å². The molecule has 0 bridgehead atoms. The molecule has 0 fully saturated rings. The Morgan fingerprint density at radius 2 is 2.00 bits per heavy atom. The SMILES string of the molecule is CC(C)Nc1cc(Cl)nnc1Cl. The summed E-state index contributed by atoms with van der Waals surface area (Å²) < 4.78 is 0. The van der Waals surface area contributed by atoms with Crippen LogP contribution in [-0.2, 0) is 0 Å². The maximum Gasteiger partial charge on any atom is 0.174 e. The molecule has 0 atom stereocenters. The van der Waals surface area contributed by atoms with Crippen molar-refractivity contribution in [3.8, 4) is 0 Å². The first-order valence-corrected chi connectivity index (χ1v) is 4.30. The molecule has 12 heavy (non-hydrogen) atoms. The van der Waals surface area contributed by atoms with Crippen LogP contribution in [0.15, 0.2) is 6.07 Å². The topological polar surface area (TPSA) is 37.8 Å². The molecule has 66 valence electrons. The monoisotopic (exact) mass is 205 g/mol. The largest absolute Gasteiger partial charge is 0.380 e. The van der Waals surface area contributed by atoms with Crippen molar-refractivity contribution < 1.29 is 0 Å². The van der Waals surface area contributed by atoms with Crippen LogP contribution in [0.3, 0.4) is 0 Å². The molecule has 0 aromatic carbocycles. The van der Waals surface area contributed by atoms with E-state index in [1.807, 2.05) is 13.8 Å². The third kappa shape index (κ3) is 2.50. The van der Waals surface area contributed by atoms with Gasteiger partial charge in [0.1, 0.15) is 0 Å². The van der Waals surface area contributed by atoms with E-state index >= 15 is 0 Å². The zero-order valence-electron chi connectivity index (χ0n) is 6.81. The molecule has 0 aliphatic rings. The molecule has 0 amide bonds. The highest BCUT2D eigenvalue weighted by atomic mass is 35.5. The maximum absolute atomic E-state index is 5.75. The highest BCUT2D eigenvalue weighted by Gasteiger charge is 2.04. The van der Waals surface area contributed by atoms with E-state index in [1.165, 1.54) is 0 Å². The quantitative estimate of drug-likeness (QED) is 0.807. The highest BCUT2D eigenvalue weighted by Crippen LogP contribution is 2.21. The minimum absolute atomic E-state index is 0.294. The second kappa shape index (κ2) is 3.92. The minimum Gasteiger partial charge on any atom is -0.380 e. The highest BCUT2D eigenvalue weighted by molar-refractivity contribution is 6.33. The van der Waals surface area contributed by atoms with Crippen LogP contribution in [0.4, 0.5) is 5.69 Å². The van der Waals surface area contributed by atoms with Crippen LogP contribution >= 0.6 is 23.2 Å². The molecule has 0 saturated carbocycles. The van der Waals surface area contributed by atoms with Crippen molar-refractivity contribution in [3.05, 3.63) is 16.4 Å². The van der Waals surface area contributed by atoms with Crippen molar-refractivity contribution in [2.24, 2.45) is 0 Å². The Kier molecular flexibility index (Phi) is 3.12. The number of hydrogen-bond donors (Lipinski definition) is 1. The van der Waals surface area contributed by atoms with E-state index in [2.05, 4.69) is 15.5 Å². The minimum atomic E-state index is 0.294. The molecule has 1 heterocycles. The van der Waals surface area contributed by atoms with Crippen LogP contribution in [0, 0.1) is 0 Å². The standard InChI is InChI=1S/C7H9Cl2N3/c1-4(2)10-5-3-6(8)11-12-7(5)9/h3-4H,1-2H3,(H,10,11). The summed E-state index contributed by atoms with van der Waals surface area (Å²) in [5.41, 5.74) is 0.715. The van der Waals surface area contributed by atoms with Gasteiger partial charge in [0.05, 0.1) is 5.69 Å². The lowest BCUT2D eigenvalue weighted by Gasteiger charge is -2.09. The second-order valence-electron chi connectivity index (χ2n) is 2.67. The van der Waals surface area contributed by atoms with Gasteiger partial charge >= 0.3 is 0 Å². The Balaban J connectivity index is 2.90. The van der Waals surface area contributed by atoms with E-state index in [9.17, 15) is 0 Å². The van der Waals surface area contributed by atoms with Crippen molar-refractivity contribution in [1.82, 2.24) is 10.2 Å². The lowest BCUT2D eigenvalue weighted by molar-refractivity contribution is 0.892. The fraction of sp³-hybridized carbons (Fsp3) is 0.429. The summed E-state index contributed by atoms with van der Waals surface area (Å²) in [6, 6.07) is 1.94. The molecule has 1 rings (SSSR count). The predicted molar refractivity (Wildman–Crippen MR) is 50.8 cm³/mol. The molecule has 1 aromatic heterocycles. The molecule has 5 heteroatoms. The summed E-state index contributed by atoms with van der Waals surface area (Å²) in [7, 11) is 0. The average Bonchev–Trinajstić information content (AvgIpc) is 1.96. The smallest absolute Gasteiger partial charge is 0.174 e. The first-order valence-electron chi connectivity index (χ1n) is 3.55. The average molecular weight is 206 g/mol. The van der Waals surface area contributed by atoms with Crippen molar-refractivity contribution in [1.29, 1.82) is 0 Å². The van der Waals surface area contributed by atoms with Gasteiger partial charge in [-0.05, 0) is 13.8 Å². The molecule has 1 N–H and O–H groups in total. The number of nitrogens with one attached hydrogen (secondary N) is 1. The molecular weight excluding hydrogens is 197 g/mol. The van der Waals surface area contributed by atoms with Gasteiger partial charge in [-0.15, -0.1) is 10.2 Å². The van der Waals surface area contributed by atoms with Gasteiger partial charge in [-0.25, -0.2) is 0 Å². The van der Waals surface area contributed by atoms with Crippen LogP contribution in [0.5, 0.6) is 0 Å². The molecule has 0 aliphatic carbocycles. The van der Waals surface area contributed by atoms with Gasteiger partial charge < -0.3 is 5.32 Å². The Morgan fingerprint density at radius 3 is 2.58 bits per heavy atom.